The highest BCUT2D eigenvalue weighted by molar-refractivity contribution is 5.89. The molecule has 5 aliphatic rings. The largest absolute Gasteiger partial charge is 0.393 e. The number of carbonyl (C=O) groups is 1. The van der Waals surface area contributed by atoms with Gasteiger partial charge in [-0.05, 0) is 92.6 Å². The topological polar surface area (TPSA) is 40.5 Å². The Morgan fingerprint density at radius 2 is 1.82 bits per heavy atom. The van der Waals surface area contributed by atoms with E-state index >= 15 is 0 Å². The van der Waals surface area contributed by atoms with Crippen molar-refractivity contribution in [2.24, 2.45) is 28.6 Å². The zero-order valence-electron chi connectivity index (χ0n) is 17.9. The van der Waals surface area contributed by atoms with E-state index in [4.69, 9.17) is 0 Å². The summed E-state index contributed by atoms with van der Waals surface area (Å²) in [5, 5.41) is 10.8. The van der Waals surface area contributed by atoms with E-state index in [2.05, 4.69) is 24.8 Å². The fraction of sp³-hybridized carbons (Fsp3) is 0.800. The molecule has 5 rings (SSSR count). The minimum atomic E-state index is -0.124. The number of hydrogen-bond acceptors (Lipinski definition) is 2. The third-order valence-corrected chi connectivity index (χ3v) is 9.79. The summed E-state index contributed by atoms with van der Waals surface area (Å²) in [5.41, 5.74) is 3.42. The van der Waals surface area contributed by atoms with Gasteiger partial charge >= 0.3 is 0 Å². The Hall–Kier alpha value is -1.09. The molecule has 1 amide bonds. The van der Waals surface area contributed by atoms with Gasteiger partial charge in [-0.1, -0.05) is 31.9 Å². The van der Waals surface area contributed by atoms with Crippen molar-refractivity contribution in [2.75, 3.05) is 7.05 Å². The van der Waals surface area contributed by atoms with Crippen molar-refractivity contribution < 1.29 is 9.90 Å². The molecule has 3 nitrogen and oxygen atoms in total. The van der Waals surface area contributed by atoms with Gasteiger partial charge in [-0.15, -0.1) is 0 Å². The molecule has 1 N–H and O–H groups in total. The van der Waals surface area contributed by atoms with Crippen LogP contribution in [0.5, 0.6) is 0 Å². The van der Waals surface area contributed by atoms with E-state index in [0.29, 0.717) is 17.8 Å². The molecule has 1 aliphatic heterocycles. The Morgan fingerprint density at radius 1 is 1.07 bits per heavy atom. The molecule has 4 aliphatic carbocycles. The van der Waals surface area contributed by atoms with E-state index in [-0.39, 0.29) is 28.9 Å². The van der Waals surface area contributed by atoms with Crippen molar-refractivity contribution >= 4 is 5.91 Å². The number of rotatable bonds is 0. The number of amides is 1. The summed E-state index contributed by atoms with van der Waals surface area (Å²) in [6.07, 6.45) is 16.1. The van der Waals surface area contributed by atoms with E-state index in [0.717, 1.165) is 12.8 Å². The van der Waals surface area contributed by atoms with Crippen molar-refractivity contribution in [3.05, 3.63) is 23.3 Å². The molecule has 0 aromatic heterocycles. The molecule has 4 saturated carbocycles. The zero-order chi connectivity index (χ0) is 19.7. The number of aliphatic hydroxyl groups excluding tert-OH is 1. The first kappa shape index (κ1) is 18.9. The smallest absolute Gasteiger partial charge is 0.246 e. The average molecular weight is 384 g/mol. The highest BCUT2D eigenvalue weighted by atomic mass is 16.3. The van der Waals surface area contributed by atoms with E-state index in [9.17, 15) is 9.90 Å². The lowest BCUT2D eigenvalue weighted by Crippen LogP contribution is -2.61. The average Bonchev–Trinajstić information content (AvgIpc) is 3.00. The molecule has 4 fully saturated rings. The first-order chi connectivity index (χ1) is 13.4. The van der Waals surface area contributed by atoms with E-state index in [1.807, 2.05) is 13.1 Å². The summed E-state index contributed by atoms with van der Waals surface area (Å²) in [5.74, 6) is 2.09. The van der Waals surface area contributed by atoms with E-state index in [1.54, 1.807) is 11.1 Å². The maximum atomic E-state index is 12.6. The number of allylic oxidation sites excluding steroid dienone is 1. The SMILES string of the molecule is CN1C(=O)C=C[C@@]2(C)C1C(=C1CCCCC1)C[C@@H]1[C@H]2CC[C@]2(C)C(O)CC[C@@H]12. The Labute approximate surface area is 170 Å². The standard InChI is InChI=1S/C25H37NO2/c1-24-13-11-20-18(19(24)9-10-21(24)27)15-17(16-7-5-4-6-8-16)23-25(20,2)14-12-22(28)26(23)3/h12,14,18-21,23,27H,4-11,13,15H2,1-3H3/t18-,19-,20+,21?,23?,24-,25+/m0/s1. The Kier molecular flexibility index (Phi) is 4.36. The summed E-state index contributed by atoms with van der Waals surface area (Å²) < 4.78 is 0. The van der Waals surface area contributed by atoms with Gasteiger partial charge < -0.3 is 10.0 Å². The van der Waals surface area contributed by atoms with Gasteiger partial charge in [0.15, 0.2) is 0 Å². The van der Waals surface area contributed by atoms with E-state index < -0.39 is 0 Å². The third-order valence-electron chi connectivity index (χ3n) is 9.79. The number of likely N-dealkylation sites (N-methyl/N-ethyl adjacent to an activating group) is 1. The summed E-state index contributed by atoms with van der Waals surface area (Å²) in [4.78, 5) is 14.7. The lowest BCUT2D eigenvalue weighted by atomic mass is 9.47. The van der Waals surface area contributed by atoms with Gasteiger partial charge in [0.05, 0.1) is 12.1 Å². The number of hydrogen-bond donors (Lipinski definition) is 1. The fourth-order valence-corrected chi connectivity index (χ4v) is 8.26. The highest BCUT2D eigenvalue weighted by Gasteiger charge is 2.61. The monoisotopic (exact) mass is 383 g/mol. The maximum absolute atomic E-state index is 12.6. The molecule has 3 heteroatoms. The molecule has 0 aromatic rings. The van der Waals surface area contributed by atoms with Gasteiger partial charge in [0.2, 0.25) is 5.91 Å². The summed E-state index contributed by atoms with van der Waals surface area (Å²) >= 11 is 0. The van der Waals surface area contributed by atoms with Gasteiger partial charge in [-0.2, -0.15) is 0 Å². The third kappa shape index (κ3) is 2.47. The van der Waals surface area contributed by atoms with Crippen LogP contribution >= 0.6 is 0 Å². The molecule has 28 heavy (non-hydrogen) atoms. The minimum absolute atomic E-state index is 0.0419. The van der Waals surface area contributed by atoms with Crippen molar-refractivity contribution in [1.82, 2.24) is 4.90 Å². The van der Waals surface area contributed by atoms with Crippen LogP contribution in [0.2, 0.25) is 0 Å². The second-order valence-corrected chi connectivity index (χ2v) is 11.0. The van der Waals surface area contributed by atoms with Crippen LogP contribution in [0, 0.1) is 28.6 Å². The predicted molar refractivity (Wildman–Crippen MR) is 112 cm³/mol. The Morgan fingerprint density at radius 3 is 2.57 bits per heavy atom. The number of aliphatic hydroxyl groups is 1. The fourth-order valence-electron chi connectivity index (χ4n) is 8.26. The highest BCUT2D eigenvalue weighted by Crippen LogP contribution is 2.65. The number of fused-ring (bicyclic) bond motifs is 5. The molecular weight excluding hydrogens is 346 g/mol. The van der Waals surface area contributed by atoms with Gasteiger partial charge in [0.25, 0.3) is 0 Å². The molecule has 0 bridgehead atoms. The van der Waals surface area contributed by atoms with Crippen LogP contribution in [0.4, 0.5) is 0 Å². The lowest BCUT2D eigenvalue weighted by Gasteiger charge is -2.61. The van der Waals surface area contributed by atoms with Crippen molar-refractivity contribution in [3.63, 3.8) is 0 Å². The number of nitrogens with zero attached hydrogens (tertiary/aromatic N) is 1. The molecule has 154 valence electrons. The lowest BCUT2D eigenvalue weighted by molar-refractivity contribution is -0.135. The zero-order valence-corrected chi connectivity index (χ0v) is 17.9. The van der Waals surface area contributed by atoms with Crippen molar-refractivity contribution in [3.8, 4) is 0 Å². The van der Waals surface area contributed by atoms with Crippen LogP contribution in [-0.4, -0.2) is 35.1 Å². The maximum Gasteiger partial charge on any atom is 0.246 e. The molecular formula is C25H37NO2. The van der Waals surface area contributed by atoms with E-state index in [1.165, 1.54) is 51.4 Å². The summed E-state index contributed by atoms with van der Waals surface area (Å²) in [7, 11) is 2.03. The van der Waals surface area contributed by atoms with Crippen LogP contribution in [0.15, 0.2) is 23.3 Å². The molecule has 1 heterocycles. The molecule has 0 aromatic carbocycles. The second-order valence-electron chi connectivity index (χ2n) is 11.0. The Bertz CT molecular complexity index is 731. The van der Waals surface area contributed by atoms with Crippen LogP contribution in [-0.2, 0) is 4.79 Å². The van der Waals surface area contributed by atoms with Gasteiger partial charge in [0.1, 0.15) is 0 Å². The first-order valence-electron chi connectivity index (χ1n) is 11.7. The first-order valence-corrected chi connectivity index (χ1v) is 11.7. The summed E-state index contributed by atoms with van der Waals surface area (Å²) in [6.45, 7) is 4.80. The molecule has 2 unspecified atom stereocenters. The predicted octanol–water partition coefficient (Wildman–Crippen LogP) is 4.86. The normalized spacial score (nSPS) is 48.4. The quantitative estimate of drug-likeness (QED) is 0.607. The minimum Gasteiger partial charge on any atom is -0.393 e. The molecule has 0 radical (unpaired) electrons. The molecule has 7 atom stereocenters. The molecule has 0 saturated heterocycles. The van der Waals surface area contributed by atoms with Crippen LogP contribution in [0.1, 0.15) is 78.1 Å². The van der Waals surface area contributed by atoms with Crippen LogP contribution in [0.3, 0.4) is 0 Å². The van der Waals surface area contributed by atoms with Gasteiger partial charge in [-0.3, -0.25) is 4.79 Å². The van der Waals surface area contributed by atoms with Gasteiger partial charge in [0, 0.05) is 12.5 Å². The summed E-state index contributed by atoms with van der Waals surface area (Å²) in [6, 6.07) is 0.245. The van der Waals surface area contributed by atoms with Crippen LogP contribution in [0.25, 0.3) is 0 Å². The Balaban J connectivity index is 1.62. The van der Waals surface area contributed by atoms with Crippen LogP contribution < -0.4 is 0 Å². The van der Waals surface area contributed by atoms with Crippen molar-refractivity contribution in [2.45, 2.75) is 90.2 Å². The molecule has 0 spiro atoms. The van der Waals surface area contributed by atoms with Crippen molar-refractivity contribution in [1.29, 1.82) is 0 Å². The number of carbonyl (C=O) groups excluding carboxylic acids is 1. The van der Waals surface area contributed by atoms with Gasteiger partial charge in [-0.25, -0.2) is 0 Å². The second kappa shape index (κ2) is 6.45.